The Labute approximate surface area is 170 Å². The fraction of sp³-hybridized carbons (Fsp3) is 0.217. The van der Waals surface area contributed by atoms with Gasteiger partial charge in [-0.25, -0.2) is 4.79 Å². The zero-order valence-corrected chi connectivity index (χ0v) is 16.5. The molecule has 2 aromatic rings. The van der Waals surface area contributed by atoms with Gasteiger partial charge in [-0.15, -0.1) is 0 Å². The van der Waals surface area contributed by atoms with Crippen molar-refractivity contribution in [3.05, 3.63) is 94.7 Å². The Morgan fingerprint density at radius 3 is 2.68 bits per heavy atom. The van der Waals surface area contributed by atoms with Crippen LogP contribution in [0.1, 0.15) is 30.4 Å². The summed E-state index contributed by atoms with van der Waals surface area (Å²) in [6, 6.07) is 16.9. The number of amides is 1. The first kappa shape index (κ1) is 19.9. The van der Waals surface area contributed by atoms with Crippen LogP contribution in [0.15, 0.2) is 78.5 Å². The van der Waals surface area contributed by atoms with Crippen LogP contribution in [0.25, 0.3) is 0 Å². The van der Waals surface area contributed by atoms with Crippen LogP contribution in [0.5, 0.6) is 0 Å². The third-order valence-corrected chi connectivity index (χ3v) is 5.04. The summed E-state index contributed by atoms with van der Waals surface area (Å²) in [6.45, 7) is 5.86. The van der Waals surface area contributed by atoms with Gasteiger partial charge in [-0.1, -0.05) is 66.7 Å². The number of nitrogens with zero attached hydrogens (tertiary/aromatic N) is 1. The molecule has 0 saturated carbocycles. The van der Waals surface area contributed by atoms with E-state index in [2.05, 4.69) is 6.58 Å². The van der Waals surface area contributed by atoms with Gasteiger partial charge >= 0.3 is 5.97 Å². The third kappa shape index (κ3) is 4.34. The SMILES string of the molecule is C=CCOC(=O)C1=C(C)N(Cc2cccc(Cl)c2)C(=O)CC1c1ccccc1. The summed E-state index contributed by atoms with van der Waals surface area (Å²) in [6.07, 6.45) is 1.74. The minimum absolute atomic E-state index is 0.0356. The predicted molar refractivity (Wildman–Crippen MR) is 110 cm³/mol. The van der Waals surface area contributed by atoms with Crippen LogP contribution in [0.3, 0.4) is 0 Å². The maximum Gasteiger partial charge on any atom is 0.336 e. The Morgan fingerprint density at radius 2 is 2.00 bits per heavy atom. The Balaban J connectivity index is 2.01. The van der Waals surface area contributed by atoms with Gasteiger partial charge in [0.15, 0.2) is 0 Å². The summed E-state index contributed by atoms with van der Waals surface area (Å²) in [4.78, 5) is 27.4. The molecule has 144 valence electrons. The van der Waals surface area contributed by atoms with Gasteiger partial charge in [-0.05, 0) is 30.2 Å². The van der Waals surface area contributed by atoms with Crippen LogP contribution in [-0.2, 0) is 20.9 Å². The summed E-state index contributed by atoms with van der Waals surface area (Å²) in [7, 11) is 0. The molecule has 2 aromatic carbocycles. The van der Waals surface area contributed by atoms with Crippen LogP contribution in [0.2, 0.25) is 5.02 Å². The van der Waals surface area contributed by atoms with Gasteiger partial charge in [-0.3, -0.25) is 4.79 Å². The third-order valence-electron chi connectivity index (χ3n) is 4.81. The predicted octanol–water partition coefficient (Wildman–Crippen LogP) is 4.86. The maximum absolute atomic E-state index is 13.0. The number of benzene rings is 2. The lowest BCUT2D eigenvalue weighted by Crippen LogP contribution is -2.38. The summed E-state index contributed by atoms with van der Waals surface area (Å²) in [5.41, 5.74) is 2.94. The molecule has 0 radical (unpaired) electrons. The lowest BCUT2D eigenvalue weighted by Gasteiger charge is -2.34. The molecule has 3 rings (SSSR count). The zero-order valence-electron chi connectivity index (χ0n) is 15.7. The minimum Gasteiger partial charge on any atom is -0.458 e. The summed E-state index contributed by atoms with van der Waals surface area (Å²) < 4.78 is 5.33. The number of esters is 1. The number of ether oxygens (including phenoxy) is 1. The van der Waals surface area contributed by atoms with Crippen molar-refractivity contribution in [3.63, 3.8) is 0 Å². The van der Waals surface area contributed by atoms with Crippen LogP contribution in [0, 0.1) is 0 Å². The van der Waals surface area contributed by atoms with Gasteiger partial charge in [0.2, 0.25) is 5.91 Å². The van der Waals surface area contributed by atoms with E-state index in [0.717, 1.165) is 11.1 Å². The first-order valence-corrected chi connectivity index (χ1v) is 9.47. The molecule has 1 unspecified atom stereocenters. The highest BCUT2D eigenvalue weighted by Crippen LogP contribution is 2.37. The second kappa shape index (κ2) is 8.89. The van der Waals surface area contributed by atoms with Gasteiger partial charge in [0.25, 0.3) is 0 Å². The van der Waals surface area contributed by atoms with Gasteiger partial charge in [0, 0.05) is 23.1 Å². The molecule has 1 atom stereocenters. The van der Waals surface area contributed by atoms with E-state index in [0.29, 0.717) is 22.8 Å². The normalized spacial score (nSPS) is 16.9. The molecule has 0 spiro atoms. The van der Waals surface area contributed by atoms with Crippen molar-refractivity contribution in [2.45, 2.75) is 25.8 Å². The average molecular weight is 396 g/mol. The van der Waals surface area contributed by atoms with E-state index in [9.17, 15) is 9.59 Å². The molecule has 0 fully saturated rings. The standard InChI is InChI=1S/C23H22ClNO3/c1-3-12-28-23(27)22-16(2)25(15-17-8-7-11-19(24)13-17)21(26)14-20(22)18-9-5-4-6-10-18/h3-11,13,20H,1,12,14-15H2,2H3. The van der Waals surface area contributed by atoms with Crippen molar-refractivity contribution < 1.29 is 14.3 Å². The number of carbonyl (C=O) groups is 2. The van der Waals surface area contributed by atoms with Crippen molar-refractivity contribution in [3.8, 4) is 0 Å². The zero-order chi connectivity index (χ0) is 20.1. The number of rotatable bonds is 6. The first-order chi connectivity index (χ1) is 13.5. The van der Waals surface area contributed by atoms with Crippen molar-refractivity contribution in [2.75, 3.05) is 6.61 Å². The van der Waals surface area contributed by atoms with Crippen molar-refractivity contribution in [1.82, 2.24) is 4.90 Å². The van der Waals surface area contributed by atoms with Gasteiger partial charge in [0.1, 0.15) is 6.61 Å². The number of hydrogen-bond donors (Lipinski definition) is 0. The van der Waals surface area contributed by atoms with Crippen LogP contribution < -0.4 is 0 Å². The number of halogens is 1. The van der Waals surface area contributed by atoms with E-state index in [1.54, 1.807) is 17.9 Å². The molecule has 0 N–H and O–H groups in total. The smallest absolute Gasteiger partial charge is 0.336 e. The molecular formula is C23H22ClNO3. The molecule has 0 aliphatic carbocycles. The molecule has 0 saturated heterocycles. The van der Waals surface area contributed by atoms with E-state index >= 15 is 0 Å². The molecule has 0 bridgehead atoms. The van der Waals surface area contributed by atoms with Crippen LogP contribution in [0.4, 0.5) is 0 Å². The van der Waals surface area contributed by atoms with E-state index < -0.39 is 5.97 Å². The highest BCUT2D eigenvalue weighted by Gasteiger charge is 2.36. The Kier molecular flexibility index (Phi) is 6.32. The van der Waals surface area contributed by atoms with Gasteiger partial charge in [0.05, 0.1) is 12.1 Å². The molecule has 1 amide bonds. The molecule has 1 aliphatic heterocycles. The van der Waals surface area contributed by atoms with E-state index in [1.807, 2.05) is 48.5 Å². The van der Waals surface area contributed by atoms with Crippen molar-refractivity contribution in [2.24, 2.45) is 0 Å². The fourth-order valence-corrected chi connectivity index (χ4v) is 3.68. The number of hydrogen-bond acceptors (Lipinski definition) is 3. The number of allylic oxidation sites excluding steroid dienone is 1. The van der Waals surface area contributed by atoms with E-state index in [-0.39, 0.29) is 24.9 Å². The van der Waals surface area contributed by atoms with Crippen LogP contribution >= 0.6 is 11.6 Å². The molecule has 5 heteroatoms. The van der Waals surface area contributed by atoms with Gasteiger partial charge in [-0.2, -0.15) is 0 Å². The van der Waals surface area contributed by atoms with E-state index in [4.69, 9.17) is 16.3 Å². The lowest BCUT2D eigenvalue weighted by molar-refractivity contribution is -0.139. The first-order valence-electron chi connectivity index (χ1n) is 9.09. The maximum atomic E-state index is 13.0. The highest BCUT2D eigenvalue weighted by atomic mass is 35.5. The molecule has 0 aromatic heterocycles. The molecular weight excluding hydrogens is 374 g/mol. The topological polar surface area (TPSA) is 46.6 Å². The monoisotopic (exact) mass is 395 g/mol. The van der Waals surface area contributed by atoms with E-state index in [1.165, 1.54) is 6.08 Å². The summed E-state index contributed by atoms with van der Waals surface area (Å²) in [5.74, 6) is -0.789. The Hall–Kier alpha value is -2.85. The molecule has 1 aliphatic rings. The molecule has 4 nitrogen and oxygen atoms in total. The highest BCUT2D eigenvalue weighted by molar-refractivity contribution is 6.30. The Bertz CT molecular complexity index is 920. The van der Waals surface area contributed by atoms with Crippen molar-refractivity contribution >= 4 is 23.5 Å². The largest absolute Gasteiger partial charge is 0.458 e. The number of carbonyl (C=O) groups excluding carboxylic acids is 2. The van der Waals surface area contributed by atoms with Crippen LogP contribution in [-0.4, -0.2) is 23.4 Å². The molecule has 1 heterocycles. The second-order valence-corrected chi connectivity index (χ2v) is 7.10. The summed E-state index contributed by atoms with van der Waals surface area (Å²) >= 11 is 6.08. The lowest BCUT2D eigenvalue weighted by atomic mass is 9.83. The van der Waals surface area contributed by atoms with Crippen molar-refractivity contribution in [1.29, 1.82) is 0 Å². The quantitative estimate of drug-likeness (QED) is 0.518. The Morgan fingerprint density at radius 1 is 1.25 bits per heavy atom. The molecule has 28 heavy (non-hydrogen) atoms. The van der Waals surface area contributed by atoms with Gasteiger partial charge < -0.3 is 9.64 Å². The second-order valence-electron chi connectivity index (χ2n) is 6.66. The average Bonchev–Trinajstić information content (AvgIpc) is 2.69. The summed E-state index contributed by atoms with van der Waals surface area (Å²) in [5, 5.41) is 0.608. The fourth-order valence-electron chi connectivity index (χ4n) is 3.47. The minimum atomic E-state index is -0.421.